The van der Waals surface area contributed by atoms with Gasteiger partial charge in [-0.05, 0) is 0 Å². The summed E-state index contributed by atoms with van der Waals surface area (Å²) in [5.74, 6) is 0. The zero-order valence-corrected chi connectivity index (χ0v) is 9.96. The topological polar surface area (TPSA) is 40.5 Å². The number of rotatable bonds is 3. The van der Waals surface area contributed by atoms with Gasteiger partial charge in [-0.3, -0.25) is 0 Å². The van der Waals surface area contributed by atoms with Gasteiger partial charge in [-0.15, -0.1) is 0 Å². The minimum absolute atomic E-state index is 0.422. The van der Waals surface area contributed by atoms with Crippen LogP contribution in [0.2, 0.25) is 0 Å². The van der Waals surface area contributed by atoms with Crippen molar-refractivity contribution < 1.29 is 9.79 Å². The van der Waals surface area contributed by atoms with Crippen LogP contribution in [0.1, 0.15) is 19.4 Å². The Kier molecular flexibility index (Phi) is 3.01. The van der Waals surface area contributed by atoms with Crippen LogP contribution in [0.25, 0.3) is 0 Å². The molecule has 0 amide bonds. The zero-order chi connectivity index (χ0) is 10.8. The average molecular weight is 214 g/mol. The first-order chi connectivity index (χ1) is 6.41. The predicted octanol–water partition coefficient (Wildman–Crippen LogP) is 2.03. The minimum atomic E-state index is -3.58. The molecule has 0 spiro atoms. The molecule has 0 heterocycles. The van der Waals surface area contributed by atoms with Gasteiger partial charge in [-0.2, -0.15) is 0 Å². The van der Waals surface area contributed by atoms with Crippen molar-refractivity contribution in [2.24, 2.45) is 0 Å². The summed E-state index contributed by atoms with van der Waals surface area (Å²) >= 11 is 0. The summed E-state index contributed by atoms with van der Waals surface area (Å²) in [6.07, 6.45) is 0.844. The van der Waals surface area contributed by atoms with Gasteiger partial charge in [0.1, 0.15) is 0 Å². The van der Waals surface area contributed by atoms with Crippen molar-refractivity contribution in [3.63, 3.8) is 0 Å². The summed E-state index contributed by atoms with van der Waals surface area (Å²) in [4.78, 5) is 20.8. The van der Waals surface area contributed by atoms with Crippen LogP contribution in [0.4, 0.5) is 0 Å². The number of benzene rings is 1. The van der Waals surface area contributed by atoms with Gasteiger partial charge in [-0.1, -0.05) is 0 Å². The Hall–Kier alpha value is -0.430. The molecular formula is C11H19O2P. The van der Waals surface area contributed by atoms with Gasteiger partial charge in [0.05, 0.1) is 0 Å². The first-order valence-electron chi connectivity index (χ1n) is 4.99. The molecule has 0 radical (unpaired) electrons. The molecule has 1 aromatic rings. The normalized spacial score (nSPS) is 14.8. The monoisotopic (exact) mass is 214 g/mol. The van der Waals surface area contributed by atoms with Crippen LogP contribution in [0, 0.1) is 6.92 Å². The van der Waals surface area contributed by atoms with Crippen LogP contribution in [0.3, 0.4) is 0 Å². The molecule has 0 atom stereocenters. The molecule has 0 fully saturated rings. The van der Waals surface area contributed by atoms with Gasteiger partial charge in [-0.25, -0.2) is 0 Å². The Morgan fingerprint density at radius 3 is 2.14 bits per heavy atom. The van der Waals surface area contributed by atoms with Crippen LogP contribution >= 0.6 is 7.06 Å². The van der Waals surface area contributed by atoms with Gasteiger partial charge in [0.15, 0.2) is 0 Å². The molecule has 1 aromatic carbocycles. The molecule has 1 rings (SSSR count). The van der Waals surface area contributed by atoms with Crippen molar-refractivity contribution in [2.45, 2.75) is 20.8 Å². The standard InChI is InChI=1S/C11H19O2P/c1-4-14(12,13,5-2)11-8-6-7-10(3)9-11/h6-9,12-13H,4-5H2,1-3H3. The van der Waals surface area contributed by atoms with Crippen molar-refractivity contribution >= 4 is 12.4 Å². The van der Waals surface area contributed by atoms with Gasteiger partial charge < -0.3 is 0 Å². The Labute approximate surface area is 85.7 Å². The number of aryl methyl sites for hydroxylation is 1. The second-order valence-electron chi connectivity index (χ2n) is 3.87. The molecule has 0 bridgehead atoms. The predicted molar refractivity (Wildman–Crippen MR) is 63.3 cm³/mol. The molecule has 14 heavy (non-hydrogen) atoms. The Balaban J connectivity index is 3.26. The van der Waals surface area contributed by atoms with Gasteiger partial charge in [0.2, 0.25) is 0 Å². The van der Waals surface area contributed by atoms with Gasteiger partial charge in [0.25, 0.3) is 0 Å². The molecule has 2 nitrogen and oxygen atoms in total. The molecule has 80 valence electrons. The van der Waals surface area contributed by atoms with Crippen LogP contribution in [-0.4, -0.2) is 22.1 Å². The molecule has 2 N–H and O–H groups in total. The Morgan fingerprint density at radius 1 is 1.14 bits per heavy atom. The molecule has 0 aliphatic heterocycles. The molecule has 0 unspecified atom stereocenters. The van der Waals surface area contributed by atoms with E-state index >= 15 is 0 Å². The van der Waals surface area contributed by atoms with Crippen molar-refractivity contribution in [1.82, 2.24) is 0 Å². The summed E-state index contributed by atoms with van der Waals surface area (Å²) in [5, 5.41) is 0.709. The van der Waals surface area contributed by atoms with Gasteiger partial charge >= 0.3 is 85.1 Å². The van der Waals surface area contributed by atoms with E-state index in [1.54, 1.807) is 0 Å². The molecule has 0 aliphatic rings. The van der Waals surface area contributed by atoms with Crippen molar-refractivity contribution in [3.05, 3.63) is 29.8 Å². The van der Waals surface area contributed by atoms with E-state index in [4.69, 9.17) is 0 Å². The van der Waals surface area contributed by atoms with Crippen molar-refractivity contribution in [3.8, 4) is 0 Å². The number of hydrogen-bond acceptors (Lipinski definition) is 2. The average Bonchev–Trinajstić information content (AvgIpc) is 2.19. The van der Waals surface area contributed by atoms with Crippen molar-refractivity contribution in [1.29, 1.82) is 0 Å². The van der Waals surface area contributed by atoms with E-state index in [1.165, 1.54) is 0 Å². The van der Waals surface area contributed by atoms with E-state index in [-0.39, 0.29) is 0 Å². The van der Waals surface area contributed by atoms with E-state index < -0.39 is 7.06 Å². The second-order valence-corrected chi connectivity index (χ2v) is 8.44. The van der Waals surface area contributed by atoms with E-state index in [0.717, 1.165) is 5.56 Å². The Bertz CT molecular complexity index is 326. The van der Waals surface area contributed by atoms with E-state index in [2.05, 4.69) is 0 Å². The fraction of sp³-hybridized carbons (Fsp3) is 0.455. The van der Waals surface area contributed by atoms with Crippen LogP contribution in [0.15, 0.2) is 24.3 Å². The van der Waals surface area contributed by atoms with E-state index in [1.807, 2.05) is 45.0 Å². The molecule has 0 aromatic heterocycles. The third-order valence-electron chi connectivity index (χ3n) is 2.93. The molecule has 0 aliphatic carbocycles. The fourth-order valence-corrected chi connectivity index (χ4v) is 3.65. The third-order valence-corrected chi connectivity index (χ3v) is 7.06. The second kappa shape index (κ2) is 3.62. The first-order valence-corrected chi connectivity index (χ1v) is 7.50. The van der Waals surface area contributed by atoms with E-state index in [9.17, 15) is 9.79 Å². The zero-order valence-electron chi connectivity index (χ0n) is 9.07. The van der Waals surface area contributed by atoms with E-state index in [0.29, 0.717) is 17.6 Å². The Morgan fingerprint density at radius 2 is 1.71 bits per heavy atom. The molecule has 0 saturated carbocycles. The fourth-order valence-electron chi connectivity index (χ4n) is 1.54. The summed E-state index contributed by atoms with van der Waals surface area (Å²) in [6, 6.07) is 7.54. The maximum absolute atomic E-state index is 10.4. The van der Waals surface area contributed by atoms with Crippen LogP contribution in [0.5, 0.6) is 0 Å². The summed E-state index contributed by atoms with van der Waals surface area (Å²) in [6.45, 7) is 5.64. The summed E-state index contributed by atoms with van der Waals surface area (Å²) < 4.78 is 0. The SMILES string of the molecule is CCP(O)(O)(CC)c1cccc(C)c1. The van der Waals surface area contributed by atoms with Crippen molar-refractivity contribution in [2.75, 3.05) is 12.3 Å². The van der Waals surface area contributed by atoms with Crippen LogP contribution in [-0.2, 0) is 0 Å². The molecule has 0 saturated heterocycles. The van der Waals surface area contributed by atoms with Gasteiger partial charge in [0, 0.05) is 0 Å². The summed E-state index contributed by atoms with van der Waals surface area (Å²) in [7, 11) is -3.58. The third kappa shape index (κ3) is 1.98. The summed E-state index contributed by atoms with van der Waals surface area (Å²) in [5.41, 5.74) is 1.07. The maximum atomic E-state index is 10.4. The molecular weight excluding hydrogens is 195 g/mol. The number of hydrogen-bond donors (Lipinski definition) is 2. The van der Waals surface area contributed by atoms with Crippen LogP contribution < -0.4 is 5.30 Å². The molecule has 3 heteroatoms. The quantitative estimate of drug-likeness (QED) is 0.756. The first kappa shape index (κ1) is 11.6.